The molecule has 1 unspecified atom stereocenters. The highest BCUT2D eigenvalue weighted by molar-refractivity contribution is 7.89. The van der Waals surface area contributed by atoms with Crippen LogP contribution in [0.5, 0.6) is 0 Å². The number of sulfonamides is 1. The fraction of sp³-hybridized carbons (Fsp3) is 0.632. The molecule has 1 aromatic rings. The minimum Gasteiger partial charge on any atom is -0.369 e. The van der Waals surface area contributed by atoms with Crippen molar-refractivity contribution >= 4 is 27.7 Å². The summed E-state index contributed by atoms with van der Waals surface area (Å²) in [7, 11) is 0.393. The maximum absolute atomic E-state index is 13.1. The van der Waals surface area contributed by atoms with Crippen molar-refractivity contribution in [1.29, 1.82) is 0 Å². The average Bonchev–Trinajstić information content (AvgIpc) is 2.99. The highest BCUT2D eigenvalue weighted by Gasteiger charge is 2.40. The number of nitrogens with two attached hydrogens (primary N) is 2. The van der Waals surface area contributed by atoms with Gasteiger partial charge < -0.3 is 21.3 Å². The highest BCUT2D eigenvalue weighted by Crippen LogP contribution is 2.28. The van der Waals surface area contributed by atoms with Crippen LogP contribution in [0, 0.1) is 11.8 Å². The van der Waals surface area contributed by atoms with Crippen molar-refractivity contribution in [3.63, 3.8) is 0 Å². The molecule has 10 nitrogen and oxygen atoms in total. The number of aromatic nitrogens is 1. The minimum atomic E-state index is -3.64. The maximum atomic E-state index is 13.1. The summed E-state index contributed by atoms with van der Waals surface area (Å²) in [6.45, 7) is 1.40. The molecule has 0 bridgehead atoms. The maximum Gasteiger partial charge on any atom is 0.244 e. The molecule has 3 heterocycles. The van der Waals surface area contributed by atoms with Gasteiger partial charge in [0, 0.05) is 38.4 Å². The van der Waals surface area contributed by atoms with Crippen molar-refractivity contribution in [2.75, 3.05) is 45.2 Å². The van der Waals surface area contributed by atoms with E-state index in [1.807, 2.05) is 14.1 Å². The summed E-state index contributed by atoms with van der Waals surface area (Å²) < 4.78 is 27.7. The van der Waals surface area contributed by atoms with Gasteiger partial charge in [0.25, 0.3) is 0 Å². The molecule has 2 saturated heterocycles. The molecular weight excluding hydrogens is 408 g/mol. The van der Waals surface area contributed by atoms with Gasteiger partial charge in [-0.2, -0.15) is 4.31 Å². The molecule has 2 fully saturated rings. The molecule has 166 valence electrons. The van der Waals surface area contributed by atoms with E-state index in [-0.39, 0.29) is 18.0 Å². The molecule has 2 aliphatic heterocycles. The third-order valence-corrected chi connectivity index (χ3v) is 8.00. The summed E-state index contributed by atoms with van der Waals surface area (Å²) >= 11 is 0. The van der Waals surface area contributed by atoms with Gasteiger partial charge in [-0.25, -0.2) is 13.4 Å². The van der Waals surface area contributed by atoms with Gasteiger partial charge in [-0.3, -0.25) is 9.59 Å². The number of carbonyl (C=O) groups is 2. The van der Waals surface area contributed by atoms with Gasteiger partial charge in [-0.05, 0) is 45.5 Å². The number of carbonyl (C=O) groups excluding carboxylic acids is 2. The lowest BCUT2D eigenvalue weighted by Crippen LogP contribution is -2.36. The third-order valence-electron chi connectivity index (χ3n) is 6.12. The number of hydrogen-bond acceptors (Lipinski definition) is 7. The Morgan fingerprint density at radius 3 is 2.20 bits per heavy atom. The first-order chi connectivity index (χ1) is 14.1. The predicted molar refractivity (Wildman–Crippen MR) is 112 cm³/mol. The normalized spacial score (nSPS) is 26.0. The lowest BCUT2D eigenvalue weighted by atomic mass is 9.95. The van der Waals surface area contributed by atoms with E-state index in [0.29, 0.717) is 24.9 Å². The van der Waals surface area contributed by atoms with E-state index in [2.05, 4.69) is 9.88 Å². The Morgan fingerprint density at radius 1 is 1.07 bits per heavy atom. The van der Waals surface area contributed by atoms with Crippen LogP contribution in [0.1, 0.15) is 19.3 Å². The monoisotopic (exact) mass is 438 g/mol. The Hall–Kier alpha value is -2.24. The van der Waals surface area contributed by atoms with Gasteiger partial charge in [0.1, 0.15) is 10.7 Å². The second-order valence-electron chi connectivity index (χ2n) is 8.23. The summed E-state index contributed by atoms with van der Waals surface area (Å²) in [5.41, 5.74) is 10.8. The Balaban J connectivity index is 1.73. The fourth-order valence-corrected chi connectivity index (χ4v) is 5.68. The second-order valence-corrected chi connectivity index (χ2v) is 10.2. The largest absolute Gasteiger partial charge is 0.369 e. The molecule has 2 amide bonds. The van der Waals surface area contributed by atoms with Crippen molar-refractivity contribution in [3.8, 4) is 0 Å². The van der Waals surface area contributed by atoms with Gasteiger partial charge in [0.2, 0.25) is 21.8 Å². The van der Waals surface area contributed by atoms with Gasteiger partial charge >= 0.3 is 0 Å². The lowest BCUT2D eigenvalue weighted by molar-refractivity contribution is -0.129. The van der Waals surface area contributed by atoms with E-state index >= 15 is 0 Å². The van der Waals surface area contributed by atoms with Crippen LogP contribution in [-0.4, -0.2) is 80.7 Å². The van der Waals surface area contributed by atoms with E-state index in [0.717, 1.165) is 19.3 Å². The van der Waals surface area contributed by atoms with E-state index in [9.17, 15) is 18.0 Å². The number of rotatable bonds is 6. The lowest BCUT2D eigenvalue weighted by Gasteiger charge is -2.23. The zero-order chi connectivity index (χ0) is 22.1. The van der Waals surface area contributed by atoms with Crippen molar-refractivity contribution in [2.45, 2.75) is 30.2 Å². The molecule has 0 aromatic carbocycles. The molecule has 3 atom stereocenters. The quantitative estimate of drug-likeness (QED) is 0.592. The van der Waals surface area contributed by atoms with Crippen LogP contribution in [-0.2, 0) is 19.6 Å². The number of primary amides is 2. The fourth-order valence-electron chi connectivity index (χ4n) is 4.24. The van der Waals surface area contributed by atoms with E-state index in [1.165, 1.54) is 16.6 Å². The molecule has 1 aromatic heterocycles. The zero-order valence-electron chi connectivity index (χ0n) is 17.4. The Kier molecular flexibility index (Phi) is 6.63. The Bertz CT molecular complexity index is 867. The molecule has 0 radical (unpaired) electrons. The summed E-state index contributed by atoms with van der Waals surface area (Å²) in [6, 6.07) is 3.48. The molecular formula is C19H30N6O4S. The standard InChI is InChI=1S/C19H30N6O4S/c1-23(2)13-4-3-8-25(9-7-13)30(28,29)14-5-6-17(22-10-14)24-11-15(18(20)26)16(12-24)19(21)27/h5-6,10,13,15-16H,3-4,7-9,11-12H2,1-2H3,(H2,20,26)(H2,21,27)/t13?,15-,16-/m0/s1. The van der Waals surface area contributed by atoms with Crippen molar-refractivity contribution in [1.82, 2.24) is 14.2 Å². The molecule has 30 heavy (non-hydrogen) atoms. The SMILES string of the molecule is CN(C)C1CCCN(S(=O)(=O)c2ccc(N3C[C@H](C(N)=O)[C@@H](C(N)=O)C3)nc2)CC1. The number of nitrogens with zero attached hydrogens (tertiary/aromatic N) is 4. The van der Waals surface area contributed by atoms with E-state index in [1.54, 1.807) is 11.0 Å². The van der Waals surface area contributed by atoms with Crippen molar-refractivity contribution < 1.29 is 18.0 Å². The van der Waals surface area contributed by atoms with Gasteiger partial charge in [0.05, 0.1) is 11.8 Å². The van der Waals surface area contributed by atoms with Crippen molar-refractivity contribution in [3.05, 3.63) is 18.3 Å². The van der Waals surface area contributed by atoms with Crippen LogP contribution >= 0.6 is 0 Å². The first kappa shape index (κ1) is 22.4. The number of anilines is 1. The summed E-state index contributed by atoms with van der Waals surface area (Å²) in [5.74, 6) is -2.06. The third kappa shape index (κ3) is 4.57. The second kappa shape index (κ2) is 8.86. The molecule has 0 spiro atoms. The Morgan fingerprint density at radius 2 is 1.70 bits per heavy atom. The van der Waals surface area contributed by atoms with Crippen LogP contribution in [0.15, 0.2) is 23.2 Å². The molecule has 11 heteroatoms. The summed E-state index contributed by atoms with van der Waals surface area (Å²) in [5, 5.41) is 0. The van der Waals surface area contributed by atoms with Crippen LogP contribution in [0.4, 0.5) is 5.82 Å². The molecule has 3 rings (SSSR count). The van der Waals surface area contributed by atoms with Crippen LogP contribution in [0.25, 0.3) is 0 Å². The highest BCUT2D eigenvalue weighted by atomic mass is 32.2. The summed E-state index contributed by atoms with van der Waals surface area (Å²) in [6.07, 6.45) is 3.89. The van der Waals surface area contributed by atoms with Gasteiger partial charge in [0.15, 0.2) is 0 Å². The summed E-state index contributed by atoms with van der Waals surface area (Å²) in [4.78, 5) is 31.5. The van der Waals surface area contributed by atoms with Crippen molar-refractivity contribution in [2.24, 2.45) is 23.3 Å². The number of pyridine rings is 1. The van der Waals surface area contributed by atoms with Crippen LogP contribution in [0.2, 0.25) is 0 Å². The van der Waals surface area contributed by atoms with E-state index < -0.39 is 33.7 Å². The molecule has 2 aliphatic rings. The topological polar surface area (TPSA) is 143 Å². The van der Waals surface area contributed by atoms with E-state index in [4.69, 9.17) is 11.5 Å². The smallest absolute Gasteiger partial charge is 0.244 e. The molecule has 0 saturated carbocycles. The number of hydrogen-bond donors (Lipinski definition) is 2. The number of amides is 2. The first-order valence-electron chi connectivity index (χ1n) is 10.1. The van der Waals surface area contributed by atoms with Crippen LogP contribution < -0.4 is 16.4 Å². The average molecular weight is 439 g/mol. The molecule has 4 N–H and O–H groups in total. The Labute approximate surface area is 177 Å². The van der Waals surface area contributed by atoms with Crippen LogP contribution in [0.3, 0.4) is 0 Å². The zero-order valence-corrected chi connectivity index (χ0v) is 18.2. The van der Waals surface area contributed by atoms with Gasteiger partial charge in [-0.1, -0.05) is 0 Å². The predicted octanol–water partition coefficient (Wildman–Crippen LogP) is -0.791. The first-order valence-corrected chi connectivity index (χ1v) is 11.5. The minimum absolute atomic E-state index is 0.131. The molecule has 0 aliphatic carbocycles. The van der Waals surface area contributed by atoms with Gasteiger partial charge in [-0.15, -0.1) is 0 Å².